The van der Waals surface area contributed by atoms with Crippen LogP contribution in [0.2, 0.25) is 0 Å². The molecule has 0 bridgehead atoms. The summed E-state index contributed by atoms with van der Waals surface area (Å²) in [5, 5.41) is 3.88. The van der Waals surface area contributed by atoms with Gasteiger partial charge in [-0.1, -0.05) is 24.2 Å². The van der Waals surface area contributed by atoms with Crippen molar-refractivity contribution >= 4 is 16.0 Å². The molecular formula is C18H23N3O6S. The molecule has 10 heteroatoms. The highest BCUT2D eigenvalue weighted by Crippen LogP contribution is 2.24. The maximum absolute atomic E-state index is 12.4. The third kappa shape index (κ3) is 4.50. The summed E-state index contributed by atoms with van der Waals surface area (Å²) >= 11 is 0. The smallest absolute Gasteiger partial charge is 0.324 e. The van der Waals surface area contributed by atoms with E-state index < -0.39 is 22.0 Å². The van der Waals surface area contributed by atoms with Gasteiger partial charge in [-0.05, 0) is 31.4 Å². The Bertz CT molecular complexity index is 927. The molecule has 152 valence electrons. The summed E-state index contributed by atoms with van der Waals surface area (Å²) in [5.41, 5.74) is 0.702. The predicted octanol–water partition coefficient (Wildman–Crippen LogP) is 1.99. The number of rotatable bonds is 8. The molecule has 0 spiro atoms. The Morgan fingerprint density at radius 3 is 2.96 bits per heavy atom. The van der Waals surface area contributed by atoms with Gasteiger partial charge in [0.15, 0.2) is 6.61 Å². The first kappa shape index (κ1) is 20.3. The average Bonchev–Trinajstić information content (AvgIpc) is 3.36. The van der Waals surface area contributed by atoms with E-state index in [0.29, 0.717) is 42.9 Å². The molecule has 0 amide bonds. The van der Waals surface area contributed by atoms with Crippen LogP contribution in [-0.2, 0) is 26.2 Å². The van der Waals surface area contributed by atoms with E-state index in [1.807, 2.05) is 0 Å². The third-order valence-corrected chi connectivity index (χ3v) is 6.50. The van der Waals surface area contributed by atoms with Crippen LogP contribution in [0.25, 0.3) is 11.4 Å². The minimum absolute atomic E-state index is 0.0182. The van der Waals surface area contributed by atoms with Gasteiger partial charge in [-0.3, -0.25) is 4.79 Å². The van der Waals surface area contributed by atoms with Gasteiger partial charge in [0.05, 0.1) is 12.9 Å². The lowest BCUT2D eigenvalue weighted by molar-refractivity contribution is -0.149. The SMILES string of the molecule is CCCS(=O)(=O)N1CCCC1C(=O)OCc1nc(-c2cccc(OC)c2)no1. The van der Waals surface area contributed by atoms with Crippen molar-refractivity contribution in [2.75, 3.05) is 19.4 Å². The van der Waals surface area contributed by atoms with E-state index in [9.17, 15) is 13.2 Å². The Morgan fingerprint density at radius 2 is 2.21 bits per heavy atom. The van der Waals surface area contributed by atoms with Crippen molar-refractivity contribution < 1.29 is 27.2 Å². The van der Waals surface area contributed by atoms with E-state index >= 15 is 0 Å². The number of aromatic nitrogens is 2. The Hall–Kier alpha value is -2.46. The van der Waals surface area contributed by atoms with Crippen LogP contribution in [0.3, 0.4) is 0 Å². The van der Waals surface area contributed by atoms with Gasteiger partial charge in [-0.15, -0.1) is 0 Å². The van der Waals surface area contributed by atoms with Crippen LogP contribution in [0.15, 0.2) is 28.8 Å². The number of hydrogen-bond acceptors (Lipinski definition) is 8. The zero-order valence-corrected chi connectivity index (χ0v) is 16.6. The van der Waals surface area contributed by atoms with Crippen molar-refractivity contribution in [1.82, 2.24) is 14.4 Å². The number of carbonyl (C=O) groups is 1. The van der Waals surface area contributed by atoms with E-state index in [0.717, 1.165) is 0 Å². The van der Waals surface area contributed by atoms with Gasteiger partial charge in [0.2, 0.25) is 15.8 Å². The molecule has 28 heavy (non-hydrogen) atoms. The molecule has 1 aliphatic heterocycles. The van der Waals surface area contributed by atoms with Crippen molar-refractivity contribution in [3.63, 3.8) is 0 Å². The minimum Gasteiger partial charge on any atom is -0.497 e. The van der Waals surface area contributed by atoms with Gasteiger partial charge in [0, 0.05) is 12.1 Å². The van der Waals surface area contributed by atoms with E-state index in [1.54, 1.807) is 38.3 Å². The van der Waals surface area contributed by atoms with Crippen LogP contribution in [0.4, 0.5) is 0 Å². The molecule has 9 nitrogen and oxygen atoms in total. The molecule has 3 rings (SSSR count). The van der Waals surface area contributed by atoms with Crippen LogP contribution >= 0.6 is 0 Å². The largest absolute Gasteiger partial charge is 0.497 e. The number of hydrogen-bond donors (Lipinski definition) is 0. The van der Waals surface area contributed by atoms with Gasteiger partial charge in [0.1, 0.15) is 11.8 Å². The molecule has 0 aliphatic carbocycles. The van der Waals surface area contributed by atoms with Gasteiger partial charge in [-0.25, -0.2) is 8.42 Å². The second-order valence-corrected chi connectivity index (χ2v) is 8.48. The Labute approximate surface area is 163 Å². The fourth-order valence-corrected chi connectivity index (χ4v) is 4.84. The summed E-state index contributed by atoms with van der Waals surface area (Å²) < 4.78 is 41.4. The second kappa shape index (κ2) is 8.70. The number of benzene rings is 1. The van der Waals surface area contributed by atoms with Crippen LogP contribution in [0, 0.1) is 0 Å². The van der Waals surface area contributed by atoms with Crippen LogP contribution in [0.5, 0.6) is 5.75 Å². The average molecular weight is 409 g/mol. The van der Waals surface area contributed by atoms with E-state index in [4.69, 9.17) is 14.0 Å². The molecule has 1 fully saturated rings. The van der Waals surface area contributed by atoms with Crippen LogP contribution < -0.4 is 4.74 Å². The van der Waals surface area contributed by atoms with Crippen molar-refractivity contribution in [3.05, 3.63) is 30.2 Å². The molecule has 2 heterocycles. The van der Waals surface area contributed by atoms with Gasteiger partial charge < -0.3 is 14.0 Å². The Balaban J connectivity index is 1.63. The zero-order valence-electron chi connectivity index (χ0n) is 15.8. The summed E-state index contributed by atoms with van der Waals surface area (Å²) in [5.74, 6) is 0.554. The number of carbonyl (C=O) groups excluding carboxylic acids is 1. The number of methoxy groups -OCH3 is 1. The minimum atomic E-state index is -3.46. The molecule has 1 aromatic carbocycles. The van der Waals surface area contributed by atoms with Gasteiger partial charge in [0.25, 0.3) is 5.89 Å². The van der Waals surface area contributed by atoms with Crippen molar-refractivity contribution in [3.8, 4) is 17.1 Å². The zero-order chi connectivity index (χ0) is 20.1. The topological polar surface area (TPSA) is 112 Å². The van der Waals surface area contributed by atoms with E-state index in [-0.39, 0.29) is 18.3 Å². The van der Waals surface area contributed by atoms with Crippen molar-refractivity contribution in [2.45, 2.75) is 38.8 Å². The number of ether oxygens (including phenoxy) is 2. The molecule has 1 atom stereocenters. The maximum Gasteiger partial charge on any atom is 0.324 e. The third-order valence-electron chi connectivity index (χ3n) is 4.43. The van der Waals surface area contributed by atoms with Crippen molar-refractivity contribution in [1.29, 1.82) is 0 Å². The van der Waals surface area contributed by atoms with E-state index in [1.165, 1.54) is 4.31 Å². The fraction of sp³-hybridized carbons (Fsp3) is 0.500. The predicted molar refractivity (Wildman–Crippen MR) is 99.9 cm³/mol. The molecular weight excluding hydrogens is 386 g/mol. The van der Waals surface area contributed by atoms with Crippen LogP contribution in [-0.4, -0.2) is 54.3 Å². The highest BCUT2D eigenvalue weighted by molar-refractivity contribution is 7.89. The number of sulfonamides is 1. The first-order valence-corrected chi connectivity index (χ1v) is 10.7. The first-order chi connectivity index (χ1) is 13.4. The summed E-state index contributed by atoms with van der Waals surface area (Å²) in [6, 6.07) is 6.37. The molecule has 1 unspecified atom stereocenters. The monoisotopic (exact) mass is 409 g/mol. The first-order valence-electron chi connectivity index (χ1n) is 9.07. The number of nitrogens with zero attached hydrogens (tertiary/aromatic N) is 3. The molecule has 0 N–H and O–H groups in total. The second-order valence-electron chi connectivity index (χ2n) is 6.44. The lowest BCUT2D eigenvalue weighted by Crippen LogP contribution is -2.42. The Kier molecular flexibility index (Phi) is 6.30. The summed E-state index contributed by atoms with van der Waals surface area (Å²) in [6.07, 6.45) is 1.57. The molecule has 1 saturated heterocycles. The summed E-state index contributed by atoms with van der Waals surface area (Å²) in [4.78, 5) is 16.6. The lowest BCUT2D eigenvalue weighted by atomic mass is 10.2. The van der Waals surface area contributed by atoms with Crippen LogP contribution in [0.1, 0.15) is 32.1 Å². The highest BCUT2D eigenvalue weighted by Gasteiger charge is 2.39. The molecule has 2 aromatic rings. The van der Waals surface area contributed by atoms with Gasteiger partial charge in [-0.2, -0.15) is 9.29 Å². The molecule has 1 aromatic heterocycles. The Morgan fingerprint density at radius 1 is 1.39 bits per heavy atom. The fourth-order valence-electron chi connectivity index (χ4n) is 3.11. The van der Waals surface area contributed by atoms with E-state index in [2.05, 4.69) is 10.1 Å². The maximum atomic E-state index is 12.4. The van der Waals surface area contributed by atoms with Gasteiger partial charge >= 0.3 is 5.97 Å². The summed E-state index contributed by atoms with van der Waals surface area (Å²) in [7, 11) is -1.89. The standard InChI is InChI=1S/C18H23N3O6S/c1-3-10-28(23,24)21-9-5-8-15(21)18(22)26-12-16-19-17(20-27-16)13-6-4-7-14(11-13)25-2/h4,6-7,11,15H,3,5,8-10,12H2,1-2H3. The quantitative estimate of drug-likeness (QED) is 0.609. The molecule has 0 saturated carbocycles. The number of esters is 1. The molecule has 1 aliphatic rings. The molecule has 0 radical (unpaired) electrons. The summed E-state index contributed by atoms with van der Waals surface area (Å²) in [6.45, 7) is 1.91. The highest BCUT2D eigenvalue weighted by atomic mass is 32.2. The van der Waals surface area contributed by atoms with Crippen molar-refractivity contribution in [2.24, 2.45) is 0 Å². The lowest BCUT2D eigenvalue weighted by Gasteiger charge is -2.22. The normalized spacial score (nSPS) is 17.6.